The summed E-state index contributed by atoms with van der Waals surface area (Å²) in [6.07, 6.45) is 4.81. The van der Waals surface area contributed by atoms with E-state index in [0.717, 1.165) is 19.4 Å². The lowest BCUT2D eigenvalue weighted by Crippen LogP contribution is -2.45. The molecule has 1 N–H and O–H groups in total. The van der Waals surface area contributed by atoms with Gasteiger partial charge in [0.05, 0.1) is 6.10 Å². The van der Waals surface area contributed by atoms with Crippen molar-refractivity contribution in [1.29, 1.82) is 0 Å². The number of ketones is 1. The maximum absolute atomic E-state index is 10.9. The largest absolute Gasteiger partial charge is 0.393 e. The number of rotatable bonds is 3. The molecule has 0 aromatic heterocycles. The van der Waals surface area contributed by atoms with Gasteiger partial charge in [-0.2, -0.15) is 0 Å². The van der Waals surface area contributed by atoms with E-state index < -0.39 is 0 Å². The lowest BCUT2D eigenvalue weighted by molar-refractivity contribution is -0.117. The molecule has 3 heteroatoms. The normalized spacial score (nSPS) is 37.4. The number of nitrogens with zero attached hydrogens (tertiary/aromatic N) is 1. The fraction of sp³-hybridized carbons (Fsp3) is 0.909. The molecule has 14 heavy (non-hydrogen) atoms. The number of aliphatic hydroxyl groups excluding tert-OH is 1. The lowest BCUT2D eigenvalue weighted by atomic mass is 9.99. The molecule has 2 heterocycles. The Balaban J connectivity index is 1.90. The lowest BCUT2D eigenvalue weighted by Gasteiger charge is -2.36. The Hall–Kier alpha value is -0.410. The van der Waals surface area contributed by atoms with E-state index in [2.05, 4.69) is 4.90 Å². The van der Waals surface area contributed by atoms with Crippen molar-refractivity contribution >= 4 is 5.78 Å². The van der Waals surface area contributed by atoms with Gasteiger partial charge in [-0.3, -0.25) is 9.69 Å². The molecule has 2 aliphatic heterocycles. The first kappa shape index (κ1) is 10.1. The van der Waals surface area contributed by atoms with Crippen molar-refractivity contribution in [3.63, 3.8) is 0 Å². The van der Waals surface area contributed by atoms with Gasteiger partial charge in [-0.1, -0.05) is 0 Å². The van der Waals surface area contributed by atoms with E-state index in [9.17, 15) is 9.90 Å². The molecule has 3 nitrogen and oxygen atoms in total. The SMILES string of the molecule is CC(=O)CCN1C2CCC1CC(O)C2. The van der Waals surface area contributed by atoms with E-state index in [1.54, 1.807) is 6.92 Å². The smallest absolute Gasteiger partial charge is 0.131 e. The summed E-state index contributed by atoms with van der Waals surface area (Å²) >= 11 is 0. The highest BCUT2D eigenvalue weighted by molar-refractivity contribution is 5.75. The van der Waals surface area contributed by atoms with Crippen molar-refractivity contribution in [2.24, 2.45) is 0 Å². The highest BCUT2D eigenvalue weighted by Crippen LogP contribution is 2.35. The third-order valence-corrected chi connectivity index (χ3v) is 3.58. The predicted octanol–water partition coefficient (Wildman–Crippen LogP) is 0.953. The van der Waals surface area contributed by atoms with Gasteiger partial charge >= 0.3 is 0 Å². The van der Waals surface area contributed by atoms with Gasteiger partial charge in [0, 0.05) is 25.0 Å². The second-order valence-electron chi connectivity index (χ2n) is 4.70. The molecule has 2 aliphatic rings. The Labute approximate surface area is 85.1 Å². The van der Waals surface area contributed by atoms with Crippen LogP contribution in [-0.4, -0.2) is 40.5 Å². The van der Waals surface area contributed by atoms with Crippen LogP contribution in [0, 0.1) is 0 Å². The third kappa shape index (κ3) is 1.98. The average molecular weight is 197 g/mol. The van der Waals surface area contributed by atoms with E-state index in [1.807, 2.05) is 0 Å². The second-order valence-corrected chi connectivity index (χ2v) is 4.70. The van der Waals surface area contributed by atoms with Crippen LogP contribution in [0.3, 0.4) is 0 Å². The Bertz CT molecular complexity index is 215. The monoisotopic (exact) mass is 197 g/mol. The quantitative estimate of drug-likeness (QED) is 0.732. The number of hydrogen-bond acceptors (Lipinski definition) is 3. The van der Waals surface area contributed by atoms with Gasteiger partial charge in [0.25, 0.3) is 0 Å². The van der Waals surface area contributed by atoms with Crippen LogP contribution < -0.4 is 0 Å². The standard InChI is InChI=1S/C11H19NO2/c1-8(13)4-5-12-9-2-3-10(12)7-11(14)6-9/h9-11,14H,2-7H2,1H3. The maximum Gasteiger partial charge on any atom is 0.131 e. The summed E-state index contributed by atoms with van der Waals surface area (Å²) in [7, 11) is 0. The molecule has 0 amide bonds. The highest BCUT2D eigenvalue weighted by atomic mass is 16.3. The van der Waals surface area contributed by atoms with Gasteiger partial charge in [-0.15, -0.1) is 0 Å². The van der Waals surface area contributed by atoms with Crippen LogP contribution in [0.15, 0.2) is 0 Å². The molecule has 0 saturated carbocycles. The maximum atomic E-state index is 10.9. The van der Waals surface area contributed by atoms with Crippen LogP contribution in [0.2, 0.25) is 0 Å². The van der Waals surface area contributed by atoms with Crippen molar-refractivity contribution in [3.05, 3.63) is 0 Å². The summed E-state index contributed by atoms with van der Waals surface area (Å²) in [5.41, 5.74) is 0. The minimum absolute atomic E-state index is 0.0962. The molecule has 80 valence electrons. The van der Waals surface area contributed by atoms with E-state index >= 15 is 0 Å². The molecular weight excluding hydrogens is 178 g/mol. The predicted molar refractivity (Wildman–Crippen MR) is 54.1 cm³/mol. The van der Waals surface area contributed by atoms with Gasteiger partial charge in [0.2, 0.25) is 0 Å². The fourth-order valence-corrected chi connectivity index (χ4v) is 2.90. The molecule has 0 aliphatic carbocycles. The topological polar surface area (TPSA) is 40.5 Å². The summed E-state index contributed by atoms with van der Waals surface area (Å²) in [6.45, 7) is 2.55. The summed E-state index contributed by atoms with van der Waals surface area (Å²) in [4.78, 5) is 13.3. The zero-order valence-corrected chi connectivity index (χ0v) is 8.78. The molecule has 2 fully saturated rings. The first-order valence-electron chi connectivity index (χ1n) is 5.60. The van der Waals surface area contributed by atoms with E-state index in [0.29, 0.717) is 18.5 Å². The van der Waals surface area contributed by atoms with E-state index in [1.165, 1.54) is 12.8 Å². The Kier molecular flexibility index (Phi) is 2.88. The van der Waals surface area contributed by atoms with Crippen molar-refractivity contribution in [2.45, 2.75) is 57.2 Å². The van der Waals surface area contributed by atoms with Crippen LogP contribution in [0.1, 0.15) is 39.0 Å². The molecule has 0 spiro atoms. The van der Waals surface area contributed by atoms with Crippen LogP contribution in [0.5, 0.6) is 0 Å². The first-order chi connectivity index (χ1) is 6.66. The van der Waals surface area contributed by atoms with E-state index in [-0.39, 0.29) is 11.9 Å². The molecule has 2 bridgehead atoms. The molecular formula is C11H19NO2. The van der Waals surface area contributed by atoms with Gasteiger partial charge in [-0.25, -0.2) is 0 Å². The Morgan fingerprint density at radius 2 is 1.93 bits per heavy atom. The van der Waals surface area contributed by atoms with Crippen LogP contribution in [-0.2, 0) is 4.79 Å². The molecule has 2 atom stereocenters. The summed E-state index contributed by atoms with van der Waals surface area (Å²) in [5, 5.41) is 9.59. The van der Waals surface area contributed by atoms with Gasteiger partial charge < -0.3 is 5.11 Å². The Morgan fingerprint density at radius 3 is 2.43 bits per heavy atom. The molecule has 2 unspecified atom stereocenters. The minimum Gasteiger partial charge on any atom is -0.393 e. The van der Waals surface area contributed by atoms with Crippen LogP contribution in [0.4, 0.5) is 0 Å². The zero-order valence-electron chi connectivity index (χ0n) is 8.78. The summed E-state index contributed by atoms with van der Waals surface area (Å²) in [5.74, 6) is 0.274. The number of piperidine rings is 1. The highest BCUT2D eigenvalue weighted by Gasteiger charge is 2.39. The minimum atomic E-state index is -0.0962. The molecule has 2 saturated heterocycles. The van der Waals surface area contributed by atoms with Crippen molar-refractivity contribution in [1.82, 2.24) is 4.90 Å². The first-order valence-corrected chi connectivity index (χ1v) is 5.60. The van der Waals surface area contributed by atoms with Gasteiger partial charge in [0.1, 0.15) is 5.78 Å². The average Bonchev–Trinajstić information content (AvgIpc) is 2.34. The summed E-state index contributed by atoms with van der Waals surface area (Å²) in [6, 6.07) is 1.09. The summed E-state index contributed by atoms with van der Waals surface area (Å²) < 4.78 is 0. The third-order valence-electron chi connectivity index (χ3n) is 3.58. The van der Waals surface area contributed by atoms with Gasteiger partial charge in [0.15, 0.2) is 0 Å². The number of aliphatic hydroxyl groups is 1. The second kappa shape index (κ2) is 3.99. The molecule has 2 rings (SSSR count). The van der Waals surface area contributed by atoms with E-state index in [4.69, 9.17) is 0 Å². The Morgan fingerprint density at radius 1 is 1.36 bits per heavy atom. The number of fused-ring (bicyclic) bond motifs is 2. The number of hydrogen-bond donors (Lipinski definition) is 1. The number of carbonyl (C=O) groups excluding carboxylic acids is 1. The van der Waals surface area contributed by atoms with Gasteiger partial charge in [-0.05, 0) is 32.6 Å². The van der Waals surface area contributed by atoms with Crippen molar-refractivity contribution in [3.8, 4) is 0 Å². The molecule has 0 radical (unpaired) electrons. The fourth-order valence-electron chi connectivity index (χ4n) is 2.90. The molecule has 0 aromatic carbocycles. The zero-order chi connectivity index (χ0) is 10.1. The van der Waals surface area contributed by atoms with Crippen molar-refractivity contribution in [2.75, 3.05) is 6.54 Å². The number of carbonyl (C=O) groups is 1. The van der Waals surface area contributed by atoms with Crippen molar-refractivity contribution < 1.29 is 9.90 Å². The number of Topliss-reactive ketones (excluding diaryl/α,β-unsaturated/α-hetero) is 1. The van der Waals surface area contributed by atoms with Crippen LogP contribution in [0.25, 0.3) is 0 Å². The molecule has 0 aromatic rings. The van der Waals surface area contributed by atoms with Crippen LogP contribution >= 0.6 is 0 Å².